The van der Waals surface area contributed by atoms with Gasteiger partial charge in [0.15, 0.2) is 0 Å². The summed E-state index contributed by atoms with van der Waals surface area (Å²) in [6, 6.07) is 22.9. The second-order valence-electron chi connectivity index (χ2n) is 8.00. The van der Waals surface area contributed by atoms with Gasteiger partial charge in [0.1, 0.15) is 0 Å². The monoisotopic (exact) mass is 373 g/mol. The van der Waals surface area contributed by atoms with E-state index in [9.17, 15) is 4.79 Å². The smallest absolute Gasteiger partial charge is 0.335 e. The Bertz CT molecular complexity index is 958. The van der Waals surface area contributed by atoms with Crippen LogP contribution in [-0.4, -0.2) is 17.6 Å². The normalized spacial score (nSPS) is 20.3. The molecule has 3 heteroatoms. The summed E-state index contributed by atoms with van der Waals surface area (Å²) < 4.78 is 0. The average Bonchev–Trinajstić information content (AvgIpc) is 3.20. The van der Waals surface area contributed by atoms with E-state index in [1.165, 1.54) is 41.2 Å². The maximum Gasteiger partial charge on any atom is 0.335 e. The number of carboxylic acids is 1. The second-order valence-corrected chi connectivity index (χ2v) is 8.00. The molecule has 3 aromatic carbocycles. The van der Waals surface area contributed by atoms with Crippen LogP contribution in [0, 0.1) is 5.92 Å². The van der Waals surface area contributed by atoms with Crippen LogP contribution in [-0.2, 0) is 0 Å². The highest BCUT2D eigenvalue weighted by molar-refractivity contribution is 5.87. The maximum absolute atomic E-state index is 11.0. The van der Waals surface area contributed by atoms with Gasteiger partial charge in [0, 0.05) is 6.04 Å². The number of nitrogens with one attached hydrogen (secondary N) is 1. The van der Waals surface area contributed by atoms with Crippen molar-refractivity contribution in [3.05, 3.63) is 83.4 Å². The Kier molecular flexibility index (Phi) is 5.45. The molecule has 0 bridgehead atoms. The van der Waals surface area contributed by atoms with Crippen molar-refractivity contribution in [1.29, 1.82) is 0 Å². The van der Waals surface area contributed by atoms with Gasteiger partial charge in [-0.1, -0.05) is 54.6 Å². The summed E-state index contributed by atoms with van der Waals surface area (Å²) in [6.07, 6.45) is 3.57. The number of carbonyl (C=O) groups is 1. The fraction of sp³-hybridized carbons (Fsp3) is 0.320. The first kappa shape index (κ1) is 18.7. The molecule has 1 saturated carbocycles. The van der Waals surface area contributed by atoms with E-state index in [2.05, 4.69) is 54.7 Å². The molecule has 0 spiro atoms. The van der Waals surface area contributed by atoms with Crippen molar-refractivity contribution in [2.75, 3.05) is 6.54 Å². The number of aromatic carboxylic acids is 1. The van der Waals surface area contributed by atoms with Crippen LogP contribution in [0.4, 0.5) is 0 Å². The summed E-state index contributed by atoms with van der Waals surface area (Å²) in [4.78, 5) is 11.0. The van der Waals surface area contributed by atoms with E-state index in [1.54, 1.807) is 12.1 Å². The minimum Gasteiger partial charge on any atom is -0.478 e. The van der Waals surface area contributed by atoms with E-state index < -0.39 is 5.97 Å². The predicted octanol–water partition coefficient (Wildman–Crippen LogP) is 5.77. The molecule has 4 rings (SSSR count). The Labute approximate surface area is 166 Å². The number of carboxylic acid groups (broad SMARTS) is 1. The quantitative estimate of drug-likeness (QED) is 0.576. The fourth-order valence-corrected chi connectivity index (χ4v) is 4.54. The molecular weight excluding hydrogens is 346 g/mol. The molecule has 3 nitrogen and oxygen atoms in total. The Hall–Kier alpha value is -2.65. The number of benzene rings is 3. The first-order valence-corrected chi connectivity index (χ1v) is 10.2. The molecule has 3 atom stereocenters. The van der Waals surface area contributed by atoms with Gasteiger partial charge in [-0.25, -0.2) is 4.79 Å². The Balaban J connectivity index is 1.36. The SMILES string of the molecule is C[C@@H](NCC1CC[C@H](c2ccc(C(=O)O)cc2)C1)c1cccc2ccccc12. The van der Waals surface area contributed by atoms with E-state index in [-0.39, 0.29) is 0 Å². The van der Waals surface area contributed by atoms with Gasteiger partial charge in [-0.05, 0) is 78.6 Å². The molecule has 1 aliphatic carbocycles. The third-order valence-electron chi connectivity index (χ3n) is 6.17. The molecule has 2 N–H and O–H groups in total. The van der Waals surface area contributed by atoms with Crippen molar-refractivity contribution < 1.29 is 9.90 Å². The van der Waals surface area contributed by atoms with E-state index in [4.69, 9.17) is 5.11 Å². The third kappa shape index (κ3) is 3.95. The lowest BCUT2D eigenvalue weighted by atomic mass is 9.95. The number of fused-ring (bicyclic) bond motifs is 1. The number of hydrogen-bond acceptors (Lipinski definition) is 2. The molecular formula is C25H27NO2. The summed E-state index contributed by atoms with van der Waals surface area (Å²) in [6.45, 7) is 3.27. The highest BCUT2D eigenvalue weighted by atomic mass is 16.4. The Morgan fingerprint density at radius 1 is 1.04 bits per heavy atom. The molecule has 0 saturated heterocycles. The summed E-state index contributed by atoms with van der Waals surface area (Å²) >= 11 is 0. The van der Waals surface area contributed by atoms with Crippen LogP contribution in [0.1, 0.15) is 59.6 Å². The van der Waals surface area contributed by atoms with Crippen molar-refractivity contribution >= 4 is 16.7 Å². The van der Waals surface area contributed by atoms with Gasteiger partial charge in [0.05, 0.1) is 5.56 Å². The number of hydrogen-bond donors (Lipinski definition) is 2. The van der Waals surface area contributed by atoms with Gasteiger partial charge in [-0.15, -0.1) is 0 Å². The van der Waals surface area contributed by atoms with Gasteiger partial charge in [-0.3, -0.25) is 0 Å². The van der Waals surface area contributed by atoms with Crippen molar-refractivity contribution in [1.82, 2.24) is 5.32 Å². The molecule has 0 aromatic heterocycles. The molecule has 0 radical (unpaired) electrons. The summed E-state index contributed by atoms with van der Waals surface area (Å²) in [5.74, 6) is 0.353. The predicted molar refractivity (Wildman–Crippen MR) is 114 cm³/mol. The summed E-state index contributed by atoms with van der Waals surface area (Å²) in [5, 5.41) is 15.4. The molecule has 0 heterocycles. The van der Waals surface area contributed by atoms with Crippen molar-refractivity contribution in [2.24, 2.45) is 5.92 Å². The van der Waals surface area contributed by atoms with Gasteiger partial charge in [-0.2, -0.15) is 0 Å². The van der Waals surface area contributed by atoms with Crippen LogP contribution in [0.3, 0.4) is 0 Å². The van der Waals surface area contributed by atoms with E-state index in [1.807, 2.05) is 12.1 Å². The van der Waals surface area contributed by atoms with Gasteiger partial charge in [0.2, 0.25) is 0 Å². The molecule has 0 aliphatic heterocycles. The molecule has 1 fully saturated rings. The third-order valence-corrected chi connectivity index (χ3v) is 6.17. The first-order valence-electron chi connectivity index (χ1n) is 10.2. The summed E-state index contributed by atoms with van der Waals surface area (Å²) in [7, 11) is 0. The van der Waals surface area contributed by atoms with Crippen LogP contribution in [0.15, 0.2) is 66.7 Å². The lowest BCUT2D eigenvalue weighted by Crippen LogP contribution is -2.24. The van der Waals surface area contributed by atoms with Crippen LogP contribution in [0.2, 0.25) is 0 Å². The molecule has 0 amide bonds. The highest BCUT2D eigenvalue weighted by Crippen LogP contribution is 2.38. The first-order chi connectivity index (χ1) is 13.6. The van der Waals surface area contributed by atoms with Crippen LogP contribution < -0.4 is 5.32 Å². The standard InChI is InChI=1S/C25H27NO2/c1-17(23-8-4-6-20-5-2-3-7-24(20)23)26-16-18-9-10-22(15-18)19-11-13-21(14-12-19)25(27)28/h2-8,11-14,17-18,22,26H,9-10,15-16H2,1H3,(H,27,28)/t17-,18?,22+/m1/s1. The van der Waals surface area contributed by atoms with Crippen molar-refractivity contribution in [3.8, 4) is 0 Å². The maximum atomic E-state index is 11.0. The molecule has 3 aromatic rings. The molecule has 28 heavy (non-hydrogen) atoms. The van der Waals surface area contributed by atoms with Crippen molar-refractivity contribution in [2.45, 2.75) is 38.1 Å². The van der Waals surface area contributed by atoms with E-state index in [0.29, 0.717) is 23.4 Å². The topological polar surface area (TPSA) is 49.3 Å². The summed E-state index contributed by atoms with van der Waals surface area (Å²) in [5.41, 5.74) is 3.00. The zero-order valence-electron chi connectivity index (χ0n) is 16.3. The van der Waals surface area contributed by atoms with E-state index >= 15 is 0 Å². The van der Waals surface area contributed by atoms with Gasteiger partial charge in [0.25, 0.3) is 0 Å². The number of rotatable bonds is 6. The zero-order valence-corrected chi connectivity index (χ0v) is 16.3. The molecule has 144 valence electrons. The molecule has 1 unspecified atom stereocenters. The Morgan fingerprint density at radius 2 is 1.79 bits per heavy atom. The highest BCUT2D eigenvalue weighted by Gasteiger charge is 2.26. The lowest BCUT2D eigenvalue weighted by Gasteiger charge is -2.19. The minimum absolute atomic E-state index is 0.319. The van der Waals surface area contributed by atoms with Gasteiger partial charge >= 0.3 is 5.97 Å². The molecule has 1 aliphatic rings. The minimum atomic E-state index is -0.859. The zero-order chi connectivity index (χ0) is 19.5. The largest absolute Gasteiger partial charge is 0.478 e. The van der Waals surface area contributed by atoms with Crippen LogP contribution in [0.25, 0.3) is 10.8 Å². The van der Waals surface area contributed by atoms with Crippen LogP contribution in [0.5, 0.6) is 0 Å². The average molecular weight is 373 g/mol. The Morgan fingerprint density at radius 3 is 2.57 bits per heavy atom. The fourth-order valence-electron chi connectivity index (χ4n) is 4.54. The lowest BCUT2D eigenvalue weighted by molar-refractivity contribution is 0.0697. The van der Waals surface area contributed by atoms with E-state index in [0.717, 1.165) is 6.54 Å². The second kappa shape index (κ2) is 8.15. The van der Waals surface area contributed by atoms with Gasteiger partial charge < -0.3 is 10.4 Å². The van der Waals surface area contributed by atoms with Crippen molar-refractivity contribution in [3.63, 3.8) is 0 Å². The van der Waals surface area contributed by atoms with Crippen LogP contribution >= 0.6 is 0 Å².